The first kappa shape index (κ1) is 21.8. The Balaban J connectivity index is 1.85. The molecule has 29 heavy (non-hydrogen) atoms. The van der Waals surface area contributed by atoms with Gasteiger partial charge in [-0.3, -0.25) is 4.79 Å². The predicted octanol–water partition coefficient (Wildman–Crippen LogP) is 6.28. The number of carbonyl (C=O) groups is 1. The van der Waals surface area contributed by atoms with Gasteiger partial charge < -0.3 is 10.1 Å². The normalized spacial score (nSPS) is 16.2. The van der Waals surface area contributed by atoms with Crippen LogP contribution in [0.1, 0.15) is 16.7 Å². The van der Waals surface area contributed by atoms with E-state index in [1.807, 2.05) is 26.0 Å². The molecule has 1 fully saturated rings. The molecule has 1 aliphatic heterocycles. The van der Waals surface area contributed by atoms with E-state index >= 15 is 0 Å². The molecular formula is C21H15BrCl2N2O2S. The highest BCUT2D eigenvalue weighted by Gasteiger charge is 2.24. The van der Waals surface area contributed by atoms with Crippen LogP contribution in [0.2, 0.25) is 10.0 Å². The number of aryl methyl sites for hydroxylation is 2. The number of rotatable bonds is 4. The number of terminal acetylenes is 1. The quantitative estimate of drug-likeness (QED) is 0.390. The largest absolute Gasteiger partial charge is 0.478 e. The third kappa shape index (κ3) is 5.18. The van der Waals surface area contributed by atoms with Gasteiger partial charge in [0.15, 0.2) is 10.9 Å². The first-order valence-electron chi connectivity index (χ1n) is 8.40. The van der Waals surface area contributed by atoms with Crippen molar-refractivity contribution in [3.63, 3.8) is 0 Å². The van der Waals surface area contributed by atoms with Crippen LogP contribution in [0.25, 0.3) is 6.08 Å². The Bertz CT molecular complexity index is 1060. The zero-order valence-electron chi connectivity index (χ0n) is 15.5. The molecule has 0 spiro atoms. The summed E-state index contributed by atoms with van der Waals surface area (Å²) < 4.78 is 6.40. The van der Waals surface area contributed by atoms with Crippen molar-refractivity contribution in [1.29, 1.82) is 0 Å². The van der Waals surface area contributed by atoms with Gasteiger partial charge in [0.1, 0.15) is 6.61 Å². The molecule has 1 heterocycles. The molecule has 4 nitrogen and oxygen atoms in total. The Morgan fingerprint density at radius 1 is 1.24 bits per heavy atom. The molecular weight excluding hydrogens is 495 g/mol. The predicted molar refractivity (Wildman–Crippen MR) is 125 cm³/mol. The summed E-state index contributed by atoms with van der Waals surface area (Å²) in [5.74, 6) is 2.44. The van der Waals surface area contributed by atoms with E-state index < -0.39 is 0 Å². The maximum absolute atomic E-state index is 12.3. The highest BCUT2D eigenvalue weighted by atomic mass is 79.9. The van der Waals surface area contributed by atoms with Gasteiger partial charge in [0, 0.05) is 4.47 Å². The van der Waals surface area contributed by atoms with Gasteiger partial charge in [0.05, 0.1) is 20.6 Å². The Morgan fingerprint density at radius 3 is 2.45 bits per heavy atom. The van der Waals surface area contributed by atoms with E-state index in [9.17, 15) is 4.79 Å². The van der Waals surface area contributed by atoms with Crippen molar-refractivity contribution in [3.8, 4) is 18.1 Å². The fourth-order valence-corrected chi connectivity index (χ4v) is 4.34. The number of ether oxygens (including phenoxy) is 1. The third-order valence-corrected chi connectivity index (χ3v) is 6.64. The van der Waals surface area contributed by atoms with Gasteiger partial charge in [0.2, 0.25) is 0 Å². The highest BCUT2D eigenvalue weighted by molar-refractivity contribution is 9.10. The molecule has 0 atom stereocenters. The first-order valence-corrected chi connectivity index (χ1v) is 10.8. The van der Waals surface area contributed by atoms with Gasteiger partial charge in [-0.05, 0) is 72.6 Å². The van der Waals surface area contributed by atoms with Crippen LogP contribution in [-0.4, -0.2) is 17.7 Å². The summed E-state index contributed by atoms with van der Waals surface area (Å²) in [6, 6.07) is 7.23. The van der Waals surface area contributed by atoms with E-state index in [1.54, 1.807) is 18.2 Å². The molecule has 2 aromatic carbocycles. The molecule has 0 aliphatic carbocycles. The molecule has 0 unspecified atom stereocenters. The second kappa shape index (κ2) is 9.27. The number of hydrogen-bond donors (Lipinski definition) is 1. The summed E-state index contributed by atoms with van der Waals surface area (Å²) in [5.41, 5.74) is 3.59. The van der Waals surface area contributed by atoms with Crippen molar-refractivity contribution in [3.05, 3.63) is 60.4 Å². The summed E-state index contributed by atoms with van der Waals surface area (Å²) >= 11 is 17.2. The molecule has 3 rings (SSSR count). The number of aliphatic imine (C=N–C) groups is 1. The van der Waals surface area contributed by atoms with E-state index in [2.05, 4.69) is 32.2 Å². The minimum atomic E-state index is -0.237. The van der Waals surface area contributed by atoms with Crippen molar-refractivity contribution in [2.75, 3.05) is 6.61 Å². The number of carbonyl (C=O) groups excluding carboxylic acids is 1. The highest BCUT2D eigenvalue weighted by Crippen LogP contribution is 2.36. The Labute approximate surface area is 191 Å². The lowest BCUT2D eigenvalue weighted by atomic mass is 10.1. The lowest BCUT2D eigenvalue weighted by Crippen LogP contribution is -2.19. The zero-order valence-corrected chi connectivity index (χ0v) is 19.4. The Hall–Kier alpha value is -1.91. The lowest BCUT2D eigenvalue weighted by Gasteiger charge is -2.08. The molecule has 1 N–H and O–H groups in total. The summed E-state index contributed by atoms with van der Waals surface area (Å²) in [6.07, 6.45) is 6.89. The molecule has 148 valence electrons. The van der Waals surface area contributed by atoms with Crippen LogP contribution in [0.3, 0.4) is 0 Å². The van der Waals surface area contributed by atoms with E-state index in [0.717, 1.165) is 21.3 Å². The molecule has 1 saturated heterocycles. The van der Waals surface area contributed by atoms with Gasteiger partial charge in [-0.2, -0.15) is 0 Å². The van der Waals surface area contributed by atoms with Crippen LogP contribution >= 0.6 is 50.9 Å². The molecule has 1 amide bonds. The van der Waals surface area contributed by atoms with Crippen molar-refractivity contribution in [2.24, 2.45) is 4.99 Å². The van der Waals surface area contributed by atoms with Gasteiger partial charge in [0.25, 0.3) is 5.91 Å². The van der Waals surface area contributed by atoms with Crippen LogP contribution in [0, 0.1) is 26.2 Å². The second-order valence-electron chi connectivity index (χ2n) is 6.18. The van der Waals surface area contributed by atoms with Gasteiger partial charge >= 0.3 is 0 Å². The van der Waals surface area contributed by atoms with Crippen molar-refractivity contribution in [2.45, 2.75) is 13.8 Å². The van der Waals surface area contributed by atoms with Crippen LogP contribution in [-0.2, 0) is 4.79 Å². The second-order valence-corrected chi connectivity index (χ2v) is 8.82. The fourth-order valence-electron chi connectivity index (χ4n) is 2.65. The minimum absolute atomic E-state index is 0.0625. The molecule has 2 aromatic rings. The molecule has 0 aromatic heterocycles. The number of amidine groups is 1. The van der Waals surface area contributed by atoms with Crippen LogP contribution in [0.5, 0.6) is 5.75 Å². The van der Waals surface area contributed by atoms with E-state index in [-0.39, 0.29) is 12.5 Å². The molecule has 0 bridgehead atoms. The Kier molecular flexibility index (Phi) is 6.97. The standard InChI is InChI=1S/C21H15BrCl2N2O2S/c1-4-5-28-19-15(23)8-13(9-16(19)24)10-17-20(27)26-21(29-17)25-14-6-11(2)18(22)12(3)7-14/h1,6-10H,5H2,2-3H3,(H,25,26,27)/b17-10-. The number of benzene rings is 2. The van der Waals surface area contributed by atoms with E-state index in [0.29, 0.717) is 31.4 Å². The van der Waals surface area contributed by atoms with E-state index in [4.69, 9.17) is 34.4 Å². The molecule has 1 aliphatic rings. The topological polar surface area (TPSA) is 50.7 Å². The number of nitrogens with zero attached hydrogens (tertiary/aromatic N) is 1. The number of hydrogen-bond acceptors (Lipinski definition) is 4. The van der Waals surface area contributed by atoms with Crippen molar-refractivity contribution in [1.82, 2.24) is 5.32 Å². The summed E-state index contributed by atoms with van der Waals surface area (Å²) in [4.78, 5) is 17.4. The number of halogens is 3. The fraction of sp³-hybridized carbons (Fsp3) is 0.143. The smallest absolute Gasteiger partial charge is 0.264 e. The number of amides is 1. The van der Waals surface area contributed by atoms with Crippen LogP contribution in [0.4, 0.5) is 5.69 Å². The third-order valence-electron chi connectivity index (χ3n) is 3.92. The minimum Gasteiger partial charge on any atom is -0.478 e. The van der Waals surface area contributed by atoms with Crippen LogP contribution in [0.15, 0.2) is 38.6 Å². The molecule has 8 heteroatoms. The first-order chi connectivity index (χ1) is 13.8. The van der Waals surface area contributed by atoms with Gasteiger partial charge in [-0.15, -0.1) is 6.42 Å². The number of thioether (sulfide) groups is 1. The zero-order chi connectivity index (χ0) is 21.1. The SMILES string of the molecule is C#CCOc1c(Cl)cc(/C=C2\SC(=Nc3cc(C)c(Br)c(C)c3)NC2=O)cc1Cl. The van der Waals surface area contributed by atoms with Crippen molar-refractivity contribution < 1.29 is 9.53 Å². The van der Waals surface area contributed by atoms with Crippen LogP contribution < -0.4 is 10.1 Å². The summed E-state index contributed by atoms with van der Waals surface area (Å²) in [5, 5.41) is 3.92. The summed E-state index contributed by atoms with van der Waals surface area (Å²) in [7, 11) is 0. The Morgan fingerprint density at radius 2 is 1.86 bits per heavy atom. The maximum atomic E-state index is 12.3. The van der Waals surface area contributed by atoms with Gasteiger partial charge in [-0.25, -0.2) is 4.99 Å². The lowest BCUT2D eigenvalue weighted by molar-refractivity contribution is -0.115. The number of nitrogens with one attached hydrogen (secondary N) is 1. The van der Waals surface area contributed by atoms with E-state index in [1.165, 1.54) is 11.8 Å². The molecule has 0 saturated carbocycles. The average Bonchev–Trinajstić information content (AvgIpc) is 2.98. The van der Waals surface area contributed by atoms with Crippen molar-refractivity contribution >= 4 is 73.7 Å². The maximum Gasteiger partial charge on any atom is 0.264 e. The summed E-state index contributed by atoms with van der Waals surface area (Å²) in [6.45, 7) is 4.06. The average molecular weight is 510 g/mol. The molecule has 0 radical (unpaired) electrons. The van der Waals surface area contributed by atoms with Gasteiger partial charge in [-0.1, -0.05) is 45.1 Å². The monoisotopic (exact) mass is 508 g/mol.